The van der Waals surface area contributed by atoms with Crippen LogP contribution in [0.3, 0.4) is 0 Å². The lowest BCUT2D eigenvalue weighted by molar-refractivity contribution is 0.582. The lowest BCUT2D eigenvalue weighted by atomic mass is 9.94. The average Bonchev–Trinajstić information content (AvgIpc) is 2.72. The molecule has 0 radical (unpaired) electrons. The lowest BCUT2D eigenvalue weighted by Gasteiger charge is -2.22. The van der Waals surface area contributed by atoms with E-state index >= 15 is 0 Å². The summed E-state index contributed by atoms with van der Waals surface area (Å²) in [6.07, 6.45) is 1.39. The van der Waals surface area contributed by atoms with Gasteiger partial charge in [-0.1, -0.05) is 92.7 Å². The summed E-state index contributed by atoms with van der Waals surface area (Å²) in [5.74, 6) is 0. The molecule has 2 heteroatoms. The molecule has 1 nitrogen and oxygen atoms in total. The second kappa shape index (κ2) is 6.74. The van der Waals surface area contributed by atoms with Crippen molar-refractivity contribution in [2.45, 2.75) is 13.8 Å². The summed E-state index contributed by atoms with van der Waals surface area (Å²) in [7, 11) is -2.42. The smallest absolute Gasteiger partial charge is 0.115 e. The van der Waals surface area contributed by atoms with Crippen molar-refractivity contribution in [2.75, 3.05) is 12.3 Å². The second-order valence-electron chi connectivity index (χ2n) is 6.73. The van der Waals surface area contributed by atoms with Crippen LogP contribution in [-0.2, 0) is 4.57 Å². The quantitative estimate of drug-likeness (QED) is 0.372. The summed E-state index contributed by atoms with van der Waals surface area (Å²) in [4.78, 5) is 0. The summed E-state index contributed by atoms with van der Waals surface area (Å²) in [5.41, 5.74) is 2.32. The minimum absolute atomic E-state index is 0.694. The Labute approximate surface area is 155 Å². The molecule has 26 heavy (non-hydrogen) atoms. The summed E-state index contributed by atoms with van der Waals surface area (Å²) in [6.45, 7) is 4.10. The molecule has 4 aromatic carbocycles. The highest BCUT2D eigenvalue weighted by Gasteiger charge is 2.25. The first-order chi connectivity index (χ1) is 12.7. The van der Waals surface area contributed by atoms with E-state index in [1.807, 2.05) is 13.8 Å². The first-order valence-corrected chi connectivity index (χ1v) is 11.3. The van der Waals surface area contributed by atoms with Crippen LogP contribution in [0.5, 0.6) is 0 Å². The summed E-state index contributed by atoms with van der Waals surface area (Å²) in [5, 5.41) is 5.83. The van der Waals surface area contributed by atoms with Crippen LogP contribution >= 0.6 is 7.14 Å². The number of fused-ring (bicyclic) bond motifs is 2. The van der Waals surface area contributed by atoms with Crippen molar-refractivity contribution in [3.63, 3.8) is 0 Å². The maximum Gasteiger partial charge on any atom is 0.115 e. The van der Waals surface area contributed by atoms with Gasteiger partial charge in [0.15, 0.2) is 0 Å². The minimum atomic E-state index is -2.42. The predicted molar refractivity (Wildman–Crippen MR) is 115 cm³/mol. The molecule has 0 aliphatic rings. The predicted octanol–water partition coefficient (Wildman–Crippen LogP) is 6.69. The highest BCUT2D eigenvalue weighted by atomic mass is 31.2. The van der Waals surface area contributed by atoms with Crippen LogP contribution < -0.4 is 5.30 Å². The molecule has 0 aliphatic carbocycles. The Hall–Kier alpha value is -2.37. The van der Waals surface area contributed by atoms with Crippen LogP contribution in [0.25, 0.3) is 32.7 Å². The van der Waals surface area contributed by atoms with Gasteiger partial charge in [-0.25, -0.2) is 0 Å². The Kier molecular flexibility index (Phi) is 4.42. The van der Waals surface area contributed by atoms with Crippen LogP contribution in [-0.4, -0.2) is 12.3 Å². The maximum atomic E-state index is 13.7. The van der Waals surface area contributed by atoms with Gasteiger partial charge in [-0.3, -0.25) is 0 Å². The van der Waals surface area contributed by atoms with Gasteiger partial charge in [-0.15, -0.1) is 0 Å². The highest BCUT2D eigenvalue weighted by Crippen LogP contribution is 2.48. The average molecular weight is 358 g/mol. The van der Waals surface area contributed by atoms with E-state index in [1.54, 1.807) is 0 Å². The van der Waals surface area contributed by atoms with Gasteiger partial charge in [0.05, 0.1) is 0 Å². The van der Waals surface area contributed by atoms with Crippen molar-refractivity contribution in [3.05, 3.63) is 78.9 Å². The summed E-state index contributed by atoms with van der Waals surface area (Å²) < 4.78 is 13.7. The summed E-state index contributed by atoms with van der Waals surface area (Å²) >= 11 is 0. The van der Waals surface area contributed by atoms with E-state index < -0.39 is 7.14 Å². The molecule has 4 aromatic rings. The Morgan fingerprint density at radius 1 is 0.654 bits per heavy atom. The Morgan fingerprint density at radius 2 is 1.23 bits per heavy atom. The Balaban J connectivity index is 2.18. The van der Waals surface area contributed by atoms with Gasteiger partial charge in [0.1, 0.15) is 7.14 Å². The van der Waals surface area contributed by atoms with Gasteiger partial charge in [-0.05, 0) is 27.1 Å². The van der Waals surface area contributed by atoms with Crippen molar-refractivity contribution in [2.24, 2.45) is 0 Å². The molecule has 0 spiro atoms. The van der Waals surface area contributed by atoms with Crippen LogP contribution in [0, 0.1) is 0 Å². The van der Waals surface area contributed by atoms with Gasteiger partial charge in [0.2, 0.25) is 0 Å². The number of hydrogen-bond acceptors (Lipinski definition) is 1. The molecule has 0 bridgehead atoms. The van der Waals surface area contributed by atoms with Gasteiger partial charge in [-0.2, -0.15) is 0 Å². The van der Waals surface area contributed by atoms with Gasteiger partial charge < -0.3 is 4.57 Å². The molecule has 0 unspecified atom stereocenters. The molecule has 0 atom stereocenters. The molecule has 0 amide bonds. The number of benzene rings is 4. The first-order valence-electron chi connectivity index (χ1n) is 9.26. The van der Waals surface area contributed by atoms with E-state index in [1.165, 1.54) is 27.1 Å². The molecule has 0 saturated carbocycles. The van der Waals surface area contributed by atoms with Crippen LogP contribution in [0.2, 0.25) is 0 Å². The molecule has 0 heterocycles. The number of rotatable bonds is 4. The fraction of sp³-hybridized carbons (Fsp3) is 0.167. The largest absolute Gasteiger partial charge is 0.319 e. The monoisotopic (exact) mass is 358 g/mol. The van der Waals surface area contributed by atoms with Crippen LogP contribution in [0.4, 0.5) is 0 Å². The Morgan fingerprint density at radius 3 is 1.92 bits per heavy atom. The fourth-order valence-corrected chi connectivity index (χ4v) is 6.01. The minimum Gasteiger partial charge on any atom is -0.319 e. The summed E-state index contributed by atoms with van der Waals surface area (Å²) in [6, 6.07) is 27.5. The molecule has 0 saturated heterocycles. The third kappa shape index (κ3) is 2.68. The van der Waals surface area contributed by atoms with Crippen molar-refractivity contribution < 1.29 is 4.57 Å². The van der Waals surface area contributed by atoms with Gasteiger partial charge in [0, 0.05) is 23.2 Å². The maximum absolute atomic E-state index is 13.7. The lowest BCUT2D eigenvalue weighted by Crippen LogP contribution is -2.12. The van der Waals surface area contributed by atoms with E-state index in [9.17, 15) is 4.57 Å². The molecular weight excluding hydrogens is 335 g/mol. The third-order valence-corrected chi connectivity index (χ3v) is 8.72. The molecule has 0 fully saturated rings. The van der Waals surface area contributed by atoms with Gasteiger partial charge >= 0.3 is 0 Å². The Bertz CT molecular complexity index is 1130. The van der Waals surface area contributed by atoms with E-state index in [2.05, 4.69) is 78.9 Å². The van der Waals surface area contributed by atoms with E-state index in [4.69, 9.17) is 0 Å². The van der Waals surface area contributed by atoms with E-state index in [0.29, 0.717) is 12.3 Å². The van der Waals surface area contributed by atoms with Crippen LogP contribution in [0.15, 0.2) is 78.9 Å². The van der Waals surface area contributed by atoms with Gasteiger partial charge in [0.25, 0.3) is 0 Å². The van der Waals surface area contributed by atoms with Crippen molar-refractivity contribution in [3.8, 4) is 11.1 Å². The first kappa shape index (κ1) is 17.1. The zero-order chi connectivity index (χ0) is 18.1. The molecule has 130 valence electrons. The van der Waals surface area contributed by atoms with Crippen molar-refractivity contribution in [1.82, 2.24) is 0 Å². The molecule has 4 rings (SSSR count). The zero-order valence-corrected chi connectivity index (χ0v) is 16.2. The normalized spacial score (nSPS) is 11.9. The highest BCUT2D eigenvalue weighted by molar-refractivity contribution is 7.71. The fourth-order valence-electron chi connectivity index (χ4n) is 3.89. The number of hydrogen-bond donors (Lipinski definition) is 0. The van der Waals surface area contributed by atoms with Crippen LogP contribution in [0.1, 0.15) is 13.8 Å². The molecule has 0 aromatic heterocycles. The molecule has 0 aliphatic heterocycles. The zero-order valence-electron chi connectivity index (χ0n) is 15.3. The van der Waals surface area contributed by atoms with Crippen molar-refractivity contribution in [1.29, 1.82) is 0 Å². The topological polar surface area (TPSA) is 17.1 Å². The van der Waals surface area contributed by atoms with Crippen molar-refractivity contribution >= 4 is 34.0 Å². The molecular formula is C24H23OP. The third-order valence-electron chi connectivity index (χ3n) is 5.43. The van der Waals surface area contributed by atoms with E-state index in [-0.39, 0.29) is 0 Å². The standard InChI is InChI=1S/C24H23OP/c1-3-26(25,4-2)23-17-16-19-11-6-8-14-21(19)24(23)22-15-9-12-18-10-5-7-13-20(18)22/h5-17H,3-4H2,1-2H3. The second-order valence-corrected chi connectivity index (χ2v) is 10.3. The van der Waals surface area contributed by atoms with E-state index in [0.717, 1.165) is 10.9 Å². The SMILES string of the molecule is CCP(=O)(CC)c1ccc2ccccc2c1-c1cccc2ccccc12. The molecule has 0 N–H and O–H groups in total.